The Morgan fingerprint density at radius 3 is 2.70 bits per heavy atom. The van der Waals surface area contributed by atoms with Crippen LogP contribution in [-0.2, 0) is 17.6 Å². The third-order valence-corrected chi connectivity index (χ3v) is 5.74. The van der Waals surface area contributed by atoms with Crippen LogP contribution in [0, 0.1) is 11.8 Å². The molecular weight excluding hydrogens is 266 g/mol. The molecule has 1 unspecified atom stereocenters. The summed E-state index contributed by atoms with van der Waals surface area (Å²) in [6.45, 7) is 5.19. The number of hydrogen-bond acceptors (Lipinski definition) is 3. The van der Waals surface area contributed by atoms with Gasteiger partial charge in [0, 0.05) is 23.4 Å². The minimum atomic E-state index is 0.803. The van der Waals surface area contributed by atoms with Gasteiger partial charge in [-0.3, -0.25) is 0 Å². The fourth-order valence-electron chi connectivity index (χ4n) is 3.28. The highest BCUT2D eigenvalue weighted by Gasteiger charge is 2.25. The summed E-state index contributed by atoms with van der Waals surface area (Å²) in [7, 11) is 1.77. The molecule has 0 aliphatic heterocycles. The molecule has 2 nitrogen and oxygen atoms in total. The quantitative estimate of drug-likeness (QED) is 0.698. The topological polar surface area (TPSA) is 21.3 Å². The highest BCUT2D eigenvalue weighted by atomic mass is 32.1. The molecule has 0 bridgehead atoms. The number of methoxy groups -OCH3 is 1. The van der Waals surface area contributed by atoms with Crippen molar-refractivity contribution in [1.82, 2.24) is 5.32 Å². The summed E-state index contributed by atoms with van der Waals surface area (Å²) in [4.78, 5) is 3.10. The third kappa shape index (κ3) is 4.87. The van der Waals surface area contributed by atoms with E-state index in [0.29, 0.717) is 0 Å². The van der Waals surface area contributed by atoms with E-state index in [1.807, 2.05) is 11.3 Å². The number of thiophene rings is 1. The standard InChI is InChI=1S/C17H29NOS/c1-3-16-8-9-17(20-16)12-15(13-18-10-11-19-2)14-6-4-5-7-14/h8-9,14-15,18H,3-7,10-13H2,1-2H3. The van der Waals surface area contributed by atoms with Gasteiger partial charge in [-0.2, -0.15) is 0 Å². The summed E-state index contributed by atoms with van der Waals surface area (Å²) >= 11 is 2.01. The van der Waals surface area contributed by atoms with Crippen LogP contribution in [0.15, 0.2) is 12.1 Å². The minimum absolute atomic E-state index is 0.803. The fourth-order valence-corrected chi connectivity index (χ4v) is 4.33. The molecule has 1 fully saturated rings. The second kappa shape index (κ2) is 8.81. The predicted molar refractivity (Wildman–Crippen MR) is 87.6 cm³/mol. The van der Waals surface area contributed by atoms with Gasteiger partial charge in [-0.05, 0) is 43.4 Å². The van der Waals surface area contributed by atoms with Gasteiger partial charge in [-0.15, -0.1) is 11.3 Å². The average Bonchev–Trinajstić information content (AvgIpc) is 3.13. The fraction of sp³-hybridized carbons (Fsp3) is 0.765. The zero-order valence-corrected chi connectivity index (χ0v) is 13.8. The van der Waals surface area contributed by atoms with E-state index >= 15 is 0 Å². The molecule has 1 aromatic rings. The van der Waals surface area contributed by atoms with Gasteiger partial charge in [0.2, 0.25) is 0 Å². The molecule has 114 valence electrons. The Balaban J connectivity index is 1.87. The highest BCUT2D eigenvalue weighted by molar-refractivity contribution is 7.11. The molecule has 0 saturated heterocycles. The van der Waals surface area contributed by atoms with Crippen LogP contribution in [0.1, 0.15) is 42.4 Å². The van der Waals surface area contributed by atoms with Gasteiger partial charge < -0.3 is 10.1 Å². The summed E-state index contributed by atoms with van der Waals surface area (Å²) in [6.07, 6.45) is 8.17. The maximum absolute atomic E-state index is 5.12. The number of nitrogens with one attached hydrogen (secondary N) is 1. The Hall–Kier alpha value is -0.380. The van der Waals surface area contributed by atoms with Gasteiger partial charge >= 0.3 is 0 Å². The molecule has 0 radical (unpaired) electrons. The van der Waals surface area contributed by atoms with Gasteiger partial charge in [-0.1, -0.05) is 32.6 Å². The lowest BCUT2D eigenvalue weighted by molar-refractivity contribution is 0.195. The first kappa shape index (κ1) is 16.0. The van der Waals surface area contributed by atoms with Crippen molar-refractivity contribution in [2.24, 2.45) is 11.8 Å². The van der Waals surface area contributed by atoms with Crippen LogP contribution in [0.2, 0.25) is 0 Å². The van der Waals surface area contributed by atoms with Crippen LogP contribution in [-0.4, -0.2) is 26.8 Å². The van der Waals surface area contributed by atoms with Crippen LogP contribution in [0.3, 0.4) is 0 Å². The molecule has 3 heteroatoms. The molecular formula is C17H29NOS. The van der Waals surface area contributed by atoms with Crippen LogP contribution in [0.25, 0.3) is 0 Å². The van der Waals surface area contributed by atoms with E-state index in [9.17, 15) is 0 Å². The lowest BCUT2D eigenvalue weighted by atomic mass is 9.87. The normalized spacial score (nSPS) is 17.7. The van der Waals surface area contributed by atoms with Crippen molar-refractivity contribution >= 4 is 11.3 Å². The number of ether oxygens (including phenoxy) is 1. The molecule has 1 heterocycles. The smallest absolute Gasteiger partial charge is 0.0587 e. The number of hydrogen-bond donors (Lipinski definition) is 1. The second-order valence-corrected chi connectivity index (χ2v) is 7.18. The largest absolute Gasteiger partial charge is 0.383 e. The van der Waals surface area contributed by atoms with Crippen LogP contribution in [0.4, 0.5) is 0 Å². The maximum Gasteiger partial charge on any atom is 0.0587 e. The molecule has 0 aromatic carbocycles. The molecule has 1 aliphatic carbocycles. The van der Waals surface area contributed by atoms with Crippen molar-refractivity contribution in [3.63, 3.8) is 0 Å². The van der Waals surface area contributed by atoms with Gasteiger partial charge in [0.1, 0.15) is 0 Å². The Morgan fingerprint density at radius 1 is 1.30 bits per heavy atom. The van der Waals surface area contributed by atoms with Crippen molar-refractivity contribution in [2.45, 2.75) is 45.4 Å². The predicted octanol–water partition coefficient (Wildman–Crippen LogP) is 3.90. The molecule has 0 spiro atoms. The molecule has 1 saturated carbocycles. The van der Waals surface area contributed by atoms with E-state index in [4.69, 9.17) is 4.74 Å². The number of aryl methyl sites for hydroxylation is 1. The summed E-state index contributed by atoms with van der Waals surface area (Å²) < 4.78 is 5.12. The lowest BCUT2D eigenvalue weighted by Gasteiger charge is -2.23. The molecule has 1 atom stereocenters. The van der Waals surface area contributed by atoms with Gasteiger partial charge in [0.15, 0.2) is 0 Å². The van der Waals surface area contributed by atoms with E-state index in [2.05, 4.69) is 24.4 Å². The van der Waals surface area contributed by atoms with Crippen molar-refractivity contribution in [1.29, 1.82) is 0 Å². The third-order valence-electron chi connectivity index (χ3n) is 4.49. The molecule has 20 heavy (non-hydrogen) atoms. The van der Waals surface area contributed by atoms with Crippen molar-refractivity contribution in [2.75, 3.05) is 26.8 Å². The summed E-state index contributed by atoms with van der Waals surface area (Å²) in [6, 6.07) is 4.66. The zero-order valence-electron chi connectivity index (χ0n) is 13.0. The van der Waals surface area contributed by atoms with Crippen molar-refractivity contribution in [3.05, 3.63) is 21.9 Å². The Morgan fingerprint density at radius 2 is 2.05 bits per heavy atom. The lowest BCUT2D eigenvalue weighted by Crippen LogP contribution is -2.30. The summed E-state index contributed by atoms with van der Waals surface area (Å²) in [5.41, 5.74) is 0. The SMILES string of the molecule is CCc1ccc(CC(CNCCOC)C2CCCC2)s1. The summed E-state index contributed by atoms with van der Waals surface area (Å²) in [5, 5.41) is 3.58. The zero-order chi connectivity index (χ0) is 14.2. The van der Waals surface area contributed by atoms with Crippen LogP contribution in [0.5, 0.6) is 0 Å². The van der Waals surface area contributed by atoms with Crippen molar-refractivity contribution < 1.29 is 4.74 Å². The monoisotopic (exact) mass is 295 g/mol. The summed E-state index contributed by atoms with van der Waals surface area (Å²) in [5.74, 6) is 1.73. The van der Waals surface area contributed by atoms with Gasteiger partial charge in [0.25, 0.3) is 0 Å². The van der Waals surface area contributed by atoms with Gasteiger partial charge in [0.05, 0.1) is 6.61 Å². The van der Waals surface area contributed by atoms with E-state index in [1.165, 1.54) is 43.4 Å². The minimum Gasteiger partial charge on any atom is -0.383 e. The Kier molecular flexibility index (Phi) is 7.05. The first-order valence-electron chi connectivity index (χ1n) is 8.10. The Labute approximate surface area is 127 Å². The van der Waals surface area contributed by atoms with Crippen molar-refractivity contribution in [3.8, 4) is 0 Å². The first-order valence-corrected chi connectivity index (χ1v) is 8.92. The maximum atomic E-state index is 5.12. The molecule has 1 N–H and O–H groups in total. The van der Waals surface area contributed by atoms with Crippen LogP contribution < -0.4 is 5.32 Å². The highest BCUT2D eigenvalue weighted by Crippen LogP contribution is 2.34. The first-order chi connectivity index (χ1) is 9.83. The second-order valence-electron chi connectivity index (χ2n) is 5.93. The molecule has 1 aliphatic rings. The van der Waals surface area contributed by atoms with Gasteiger partial charge in [-0.25, -0.2) is 0 Å². The van der Waals surface area contributed by atoms with E-state index in [0.717, 1.165) is 31.5 Å². The molecule has 2 rings (SSSR count). The Bertz CT molecular complexity index is 371. The van der Waals surface area contributed by atoms with E-state index in [1.54, 1.807) is 12.0 Å². The van der Waals surface area contributed by atoms with Crippen LogP contribution >= 0.6 is 11.3 Å². The molecule has 0 amide bonds. The number of rotatable bonds is 9. The average molecular weight is 295 g/mol. The van der Waals surface area contributed by atoms with E-state index in [-0.39, 0.29) is 0 Å². The molecule has 1 aromatic heterocycles. The van der Waals surface area contributed by atoms with E-state index < -0.39 is 0 Å².